The van der Waals surface area contributed by atoms with E-state index < -0.39 is 0 Å². The molecule has 2 aromatic rings. The average molecular weight is 323 g/mol. The number of aryl methyl sites for hydroxylation is 1. The van der Waals surface area contributed by atoms with Crippen molar-refractivity contribution in [2.45, 2.75) is 13.5 Å². The van der Waals surface area contributed by atoms with Gasteiger partial charge in [-0.3, -0.25) is 4.79 Å². The van der Waals surface area contributed by atoms with Gasteiger partial charge in [0.05, 0.1) is 15.7 Å². The number of carbonyl (C=O) groups excluding carboxylic acids is 1. The van der Waals surface area contributed by atoms with Gasteiger partial charge in [-0.05, 0) is 24.6 Å². The quantitative estimate of drug-likeness (QED) is 0.862. The summed E-state index contributed by atoms with van der Waals surface area (Å²) in [6.07, 6.45) is 0. The van der Waals surface area contributed by atoms with Gasteiger partial charge in [-0.1, -0.05) is 53.0 Å². The summed E-state index contributed by atoms with van der Waals surface area (Å²) in [5, 5.41) is 0.573. The fraction of sp³-hybridized carbons (Fsp3) is 0.188. The highest BCUT2D eigenvalue weighted by atomic mass is 35.5. The second kappa shape index (κ2) is 6.37. The van der Waals surface area contributed by atoms with E-state index in [1.54, 1.807) is 11.9 Å². The monoisotopic (exact) mass is 322 g/mol. The fourth-order valence-electron chi connectivity index (χ4n) is 1.97. The summed E-state index contributed by atoms with van der Waals surface area (Å²) in [5.41, 5.74) is 8.63. The van der Waals surface area contributed by atoms with Crippen LogP contribution >= 0.6 is 23.2 Å². The number of carbonyl (C=O) groups is 1. The molecule has 3 nitrogen and oxygen atoms in total. The first-order valence-electron chi connectivity index (χ1n) is 6.44. The molecule has 0 aliphatic carbocycles. The van der Waals surface area contributed by atoms with Gasteiger partial charge in [0.25, 0.3) is 5.91 Å². The molecular formula is C16H16Cl2N2O. The molecule has 0 fully saturated rings. The fourth-order valence-corrected chi connectivity index (χ4v) is 2.45. The third-order valence-corrected chi connectivity index (χ3v) is 3.84. The average Bonchev–Trinajstić information content (AvgIpc) is 2.45. The van der Waals surface area contributed by atoms with E-state index in [-0.39, 0.29) is 21.6 Å². The Morgan fingerprint density at radius 3 is 2.19 bits per heavy atom. The van der Waals surface area contributed by atoms with Crippen molar-refractivity contribution in [3.05, 3.63) is 63.1 Å². The van der Waals surface area contributed by atoms with Gasteiger partial charge in [0, 0.05) is 19.2 Å². The van der Waals surface area contributed by atoms with Gasteiger partial charge >= 0.3 is 0 Å². The summed E-state index contributed by atoms with van der Waals surface area (Å²) in [6, 6.07) is 11.1. The minimum absolute atomic E-state index is 0.153. The Labute approximate surface area is 134 Å². The normalized spacial score (nSPS) is 10.5. The molecule has 5 heteroatoms. The number of anilines is 1. The molecule has 110 valence electrons. The van der Waals surface area contributed by atoms with Crippen molar-refractivity contribution < 1.29 is 4.79 Å². The van der Waals surface area contributed by atoms with Crippen molar-refractivity contribution >= 4 is 34.8 Å². The van der Waals surface area contributed by atoms with E-state index in [2.05, 4.69) is 0 Å². The molecule has 2 rings (SSSR count). The van der Waals surface area contributed by atoms with Crippen molar-refractivity contribution in [1.82, 2.24) is 4.90 Å². The van der Waals surface area contributed by atoms with Gasteiger partial charge < -0.3 is 10.6 Å². The van der Waals surface area contributed by atoms with Gasteiger partial charge in [0.2, 0.25) is 0 Å². The second-order valence-electron chi connectivity index (χ2n) is 5.00. The molecule has 0 aromatic heterocycles. The lowest BCUT2D eigenvalue weighted by atomic mass is 10.1. The molecule has 0 aliphatic rings. The molecule has 2 N–H and O–H groups in total. The van der Waals surface area contributed by atoms with E-state index in [9.17, 15) is 4.79 Å². The first kappa shape index (κ1) is 15.7. The Morgan fingerprint density at radius 2 is 1.67 bits per heavy atom. The van der Waals surface area contributed by atoms with Crippen LogP contribution in [0, 0.1) is 6.92 Å². The van der Waals surface area contributed by atoms with Crippen LogP contribution in [0.4, 0.5) is 5.69 Å². The molecule has 21 heavy (non-hydrogen) atoms. The molecule has 0 saturated carbocycles. The van der Waals surface area contributed by atoms with Crippen molar-refractivity contribution in [3.63, 3.8) is 0 Å². The standard InChI is InChI=1S/C16H16Cl2N2O/c1-10-3-5-11(6-4-10)9-20(2)16(21)12-7-13(17)15(19)14(18)8-12/h3-8H,9,19H2,1-2H3. The number of nitrogens with two attached hydrogens (primary N) is 1. The summed E-state index contributed by atoms with van der Waals surface area (Å²) in [6.45, 7) is 2.54. The van der Waals surface area contributed by atoms with Gasteiger partial charge in [0.15, 0.2) is 0 Å². The Balaban J connectivity index is 2.17. The Hall–Kier alpha value is -1.71. The maximum Gasteiger partial charge on any atom is 0.254 e. The third-order valence-electron chi connectivity index (χ3n) is 3.21. The first-order valence-corrected chi connectivity index (χ1v) is 7.19. The maximum atomic E-state index is 12.4. The van der Waals surface area contributed by atoms with Crippen LogP contribution in [0.1, 0.15) is 21.5 Å². The molecule has 2 aromatic carbocycles. The summed E-state index contributed by atoms with van der Waals surface area (Å²) in [7, 11) is 1.74. The third kappa shape index (κ3) is 3.69. The SMILES string of the molecule is Cc1ccc(CN(C)C(=O)c2cc(Cl)c(N)c(Cl)c2)cc1. The number of nitrogen functional groups attached to an aromatic ring is 1. The first-order chi connectivity index (χ1) is 9.88. The van der Waals surface area contributed by atoms with Gasteiger partial charge in [-0.2, -0.15) is 0 Å². The largest absolute Gasteiger partial charge is 0.396 e. The molecule has 0 spiro atoms. The summed E-state index contributed by atoms with van der Waals surface area (Å²) >= 11 is 11.9. The van der Waals surface area contributed by atoms with Crippen LogP contribution in [0.15, 0.2) is 36.4 Å². The molecule has 0 atom stereocenters. The van der Waals surface area contributed by atoms with Crippen molar-refractivity contribution in [3.8, 4) is 0 Å². The Bertz CT molecular complexity index is 645. The molecule has 0 aliphatic heterocycles. The molecule has 0 unspecified atom stereocenters. The highest BCUT2D eigenvalue weighted by Crippen LogP contribution is 2.29. The van der Waals surface area contributed by atoms with Crippen LogP contribution in [0.5, 0.6) is 0 Å². The summed E-state index contributed by atoms with van der Waals surface area (Å²) < 4.78 is 0. The molecule has 1 amide bonds. The summed E-state index contributed by atoms with van der Waals surface area (Å²) in [5.74, 6) is -0.153. The van der Waals surface area contributed by atoms with Crippen LogP contribution in [0.2, 0.25) is 10.0 Å². The van der Waals surface area contributed by atoms with Crippen LogP contribution < -0.4 is 5.73 Å². The van der Waals surface area contributed by atoms with Crippen molar-refractivity contribution in [2.75, 3.05) is 12.8 Å². The number of nitrogens with zero attached hydrogens (tertiary/aromatic N) is 1. The molecular weight excluding hydrogens is 307 g/mol. The zero-order chi connectivity index (χ0) is 15.6. The number of amides is 1. The number of hydrogen-bond donors (Lipinski definition) is 1. The highest BCUT2D eigenvalue weighted by molar-refractivity contribution is 6.39. The topological polar surface area (TPSA) is 46.3 Å². The molecule has 0 radical (unpaired) electrons. The lowest BCUT2D eigenvalue weighted by Crippen LogP contribution is -2.26. The van der Waals surface area contributed by atoms with E-state index in [1.807, 2.05) is 31.2 Å². The lowest BCUT2D eigenvalue weighted by molar-refractivity contribution is 0.0785. The maximum absolute atomic E-state index is 12.4. The lowest BCUT2D eigenvalue weighted by Gasteiger charge is -2.18. The van der Waals surface area contributed by atoms with E-state index >= 15 is 0 Å². The number of hydrogen-bond acceptors (Lipinski definition) is 2. The summed E-state index contributed by atoms with van der Waals surface area (Å²) in [4.78, 5) is 14.0. The zero-order valence-corrected chi connectivity index (χ0v) is 13.4. The molecule has 0 bridgehead atoms. The van der Waals surface area contributed by atoms with E-state index in [0.717, 1.165) is 5.56 Å². The predicted molar refractivity (Wildman–Crippen MR) is 87.9 cm³/mol. The number of halogens is 2. The van der Waals surface area contributed by atoms with Crippen LogP contribution in [0.25, 0.3) is 0 Å². The Morgan fingerprint density at radius 1 is 1.14 bits per heavy atom. The van der Waals surface area contributed by atoms with Gasteiger partial charge in [0.1, 0.15) is 0 Å². The smallest absolute Gasteiger partial charge is 0.254 e. The second-order valence-corrected chi connectivity index (χ2v) is 5.81. The van der Waals surface area contributed by atoms with E-state index in [4.69, 9.17) is 28.9 Å². The minimum atomic E-state index is -0.153. The van der Waals surface area contributed by atoms with Gasteiger partial charge in [-0.15, -0.1) is 0 Å². The van der Waals surface area contributed by atoms with Crippen LogP contribution in [0.3, 0.4) is 0 Å². The molecule has 0 heterocycles. The zero-order valence-electron chi connectivity index (χ0n) is 11.9. The van der Waals surface area contributed by atoms with Crippen LogP contribution in [-0.4, -0.2) is 17.9 Å². The van der Waals surface area contributed by atoms with Crippen molar-refractivity contribution in [1.29, 1.82) is 0 Å². The predicted octanol–water partition coefficient (Wildman–Crippen LogP) is 4.16. The van der Waals surface area contributed by atoms with Gasteiger partial charge in [-0.25, -0.2) is 0 Å². The van der Waals surface area contributed by atoms with Crippen LogP contribution in [-0.2, 0) is 6.54 Å². The Kier molecular flexibility index (Phi) is 4.76. The van der Waals surface area contributed by atoms with E-state index in [1.165, 1.54) is 17.7 Å². The number of rotatable bonds is 3. The number of benzene rings is 2. The van der Waals surface area contributed by atoms with Crippen molar-refractivity contribution in [2.24, 2.45) is 0 Å². The minimum Gasteiger partial charge on any atom is -0.396 e. The van der Waals surface area contributed by atoms with E-state index in [0.29, 0.717) is 12.1 Å². The molecule has 0 saturated heterocycles. The highest BCUT2D eigenvalue weighted by Gasteiger charge is 2.15.